The highest BCUT2D eigenvalue weighted by Gasteiger charge is 2.29. The van der Waals surface area contributed by atoms with Gasteiger partial charge in [-0.3, -0.25) is 9.59 Å². The van der Waals surface area contributed by atoms with Crippen molar-refractivity contribution >= 4 is 11.8 Å². The molecule has 28 heavy (non-hydrogen) atoms. The number of rotatable bonds is 9. The summed E-state index contributed by atoms with van der Waals surface area (Å²) in [6, 6.07) is 17.5. The second kappa shape index (κ2) is 10.6. The van der Waals surface area contributed by atoms with Crippen LogP contribution in [0.15, 0.2) is 54.6 Å². The first kappa shape index (κ1) is 21.7. The van der Waals surface area contributed by atoms with E-state index in [1.54, 1.807) is 4.90 Å². The fourth-order valence-electron chi connectivity index (χ4n) is 3.07. The number of nitrogens with zero attached hydrogens (tertiary/aromatic N) is 1. The summed E-state index contributed by atoms with van der Waals surface area (Å²) < 4.78 is 0. The molecule has 2 rings (SSSR count). The minimum Gasteiger partial charge on any atom is -0.354 e. The molecule has 0 bridgehead atoms. The average molecular weight is 381 g/mol. The van der Waals surface area contributed by atoms with Crippen LogP contribution in [-0.2, 0) is 22.6 Å². The zero-order valence-corrected chi connectivity index (χ0v) is 17.4. The molecular formula is C24H32N2O2. The minimum absolute atomic E-state index is 0.0128. The number of carbonyl (C=O) groups excluding carboxylic acids is 2. The number of aryl methyl sites for hydroxylation is 1. The van der Waals surface area contributed by atoms with Gasteiger partial charge in [-0.25, -0.2) is 0 Å². The number of amides is 2. The predicted molar refractivity (Wildman–Crippen MR) is 114 cm³/mol. The van der Waals surface area contributed by atoms with E-state index in [1.165, 1.54) is 5.56 Å². The molecule has 0 aliphatic heterocycles. The summed E-state index contributed by atoms with van der Waals surface area (Å²) in [6.07, 6.45) is 0.872. The van der Waals surface area contributed by atoms with Crippen LogP contribution in [0, 0.1) is 12.8 Å². The first-order valence-corrected chi connectivity index (χ1v) is 10.1. The van der Waals surface area contributed by atoms with Gasteiger partial charge in [-0.2, -0.15) is 0 Å². The lowest BCUT2D eigenvalue weighted by Gasteiger charge is -2.31. The summed E-state index contributed by atoms with van der Waals surface area (Å²) in [4.78, 5) is 27.6. The zero-order chi connectivity index (χ0) is 20.5. The molecule has 0 heterocycles. The topological polar surface area (TPSA) is 49.4 Å². The molecule has 0 aliphatic carbocycles. The highest BCUT2D eigenvalue weighted by atomic mass is 16.2. The standard InChI is InChI=1S/C24H32N2O2/c1-5-23(27)26(17-21-13-11-19(4)12-14-21)22(24(28)25-16-18(2)3)15-20-9-7-6-8-10-20/h6-14,18,22H,5,15-17H2,1-4H3,(H,25,28)/t22-/m1/s1. The smallest absolute Gasteiger partial charge is 0.243 e. The first-order chi connectivity index (χ1) is 13.4. The third kappa shape index (κ3) is 6.52. The van der Waals surface area contributed by atoms with E-state index in [2.05, 4.69) is 19.2 Å². The normalized spacial score (nSPS) is 11.9. The van der Waals surface area contributed by atoms with Gasteiger partial charge in [-0.1, -0.05) is 80.9 Å². The SMILES string of the molecule is CCC(=O)N(Cc1ccc(C)cc1)[C@H](Cc1ccccc1)C(=O)NCC(C)C. The lowest BCUT2D eigenvalue weighted by atomic mass is 10.0. The molecular weight excluding hydrogens is 348 g/mol. The largest absolute Gasteiger partial charge is 0.354 e. The zero-order valence-electron chi connectivity index (χ0n) is 17.4. The molecule has 0 unspecified atom stereocenters. The van der Waals surface area contributed by atoms with Crippen LogP contribution in [-0.4, -0.2) is 29.3 Å². The lowest BCUT2D eigenvalue weighted by Crippen LogP contribution is -2.50. The van der Waals surface area contributed by atoms with Crippen molar-refractivity contribution in [3.8, 4) is 0 Å². The Hall–Kier alpha value is -2.62. The minimum atomic E-state index is -0.532. The van der Waals surface area contributed by atoms with Gasteiger partial charge in [0.25, 0.3) is 0 Å². The molecule has 2 aromatic carbocycles. The van der Waals surface area contributed by atoms with Crippen molar-refractivity contribution in [3.05, 3.63) is 71.3 Å². The van der Waals surface area contributed by atoms with Gasteiger partial charge in [-0.15, -0.1) is 0 Å². The molecule has 4 nitrogen and oxygen atoms in total. The average Bonchev–Trinajstić information content (AvgIpc) is 2.70. The van der Waals surface area contributed by atoms with Gasteiger partial charge in [-0.05, 0) is 24.0 Å². The van der Waals surface area contributed by atoms with Gasteiger partial charge >= 0.3 is 0 Å². The highest BCUT2D eigenvalue weighted by Crippen LogP contribution is 2.16. The van der Waals surface area contributed by atoms with E-state index < -0.39 is 6.04 Å². The van der Waals surface area contributed by atoms with E-state index >= 15 is 0 Å². The molecule has 0 saturated carbocycles. The first-order valence-electron chi connectivity index (χ1n) is 10.1. The van der Waals surface area contributed by atoms with Gasteiger partial charge < -0.3 is 10.2 Å². The molecule has 0 spiro atoms. The van der Waals surface area contributed by atoms with Crippen LogP contribution in [0.2, 0.25) is 0 Å². The summed E-state index contributed by atoms with van der Waals surface area (Å²) in [5.41, 5.74) is 3.25. The maximum Gasteiger partial charge on any atom is 0.243 e. The van der Waals surface area contributed by atoms with E-state index in [4.69, 9.17) is 0 Å². The molecule has 0 aromatic heterocycles. The Kier molecular flexibility index (Phi) is 8.24. The maximum absolute atomic E-state index is 13.1. The summed E-state index contributed by atoms with van der Waals surface area (Å²) in [5.74, 6) is 0.251. The Bertz CT molecular complexity index is 754. The van der Waals surface area contributed by atoms with Crippen molar-refractivity contribution in [2.24, 2.45) is 5.92 Å². The monoisotopic (exact) mass is 380 g/mol. The molecule has 2 amide bonds. The second-order valence-electron chi connectivity index (χ2n) is 7.71. The fourth-order valence-corrected chi connectivity index (χ4v) is 3.07. The van der Waals surface area contributed by atoms with Crippen LogP contribution < -0.4 is 5.32 Å². The van der Waals surface area contributed by atoms with Gasteiger partial charge in [0.05, 0.1) is 0 Å². The van der Waals surface area contributed by atoms with Crippen LogP contribution in [0.4, 0.5) is 0 Å². The molecule has 1 atom stereocenters. The van der Waals surface area contributed by atoms with Crippen LogP contribution in [0.1, 0.15) is 43.9 Å². The molecule has 0 aliphatic rings. The van der Waals surface area contributed by atoms with E-state index in [0.717, 1.165) is 11.1 Å². The van der Waals surface area contributed by atoms with E-state index in [-0.39, 0.29) is 11.8 Å². The summed E-state index contributed by atoms with van der Waals surface area (Å²) in [6.45, 7) is 9.04. The van der Waals surface area contributed by atoms with Gasteiger partial charge in [0.1, 0.15) is 6.04 Å². The summed E-state index contributed by atoms with van der Waals surface area (Å²) in [5, 5.41) is 3.02. The Balaban J connectivity index is 2.31. The van der Waals surface area contributed by atoms with E-state index in [0.29, 0.717) is 31.8 Å². The van der Waals surface area contributed by atoms with Crippen molar-refractivity contribution in [2.75, 3.05) is 6.54 Å². The fraction of sp³-hybridized carbons (Fsp3) is 0.417. The van der Waals surface area contributed by atoms with Crippen molar-refractivity contribution in [1.82, 2.24) is 10.2 Å². The molecule has 0 saturated heterocycles. The molecule has 150 valence electrons. The Morgan fingerprint density at radius 1 is 0.964 bits per heavy atom. The molecule has 1 N–H and O–H groups in total. The van der Waals surface area contributed by atoms with Crippen molar-refractivity contribution in [1.29, 1.82) is 0 Å². The Labute approximate surface area is 169 Å². The van der Waals surface area contributed by atoms with Gasteiger partial charge in [0.15, 0.2) is 0 Å². The van der Waals surface area contributed by atoms with Crippen molar-refractivity contribution in [2.45, 2.75) is 53.1 Å². The van der Waals surface area contributed by atoms with Crippen molar-refractivity contribution in [3.63, 3.8) is 0 Å². The van der Waals surface area contributed by atoms with Crippen LogP contribution in [0.25, 0.3) is 0 Å². The van der Waals surface area contributed by atoms with Crippen LogP contribution >= 0.6 is 0 Å². The number of hydrogen-bond donors (Lipinski definition) is 1. The van der Waals surface area contributed by atoms with Crippen molar-refractivity contribution < 1.29 is 9.59 Å². The van der Waals surface area contributed by atoms with E-state index in [9.17, 15) is 9.59 Å². The Morgan fingerprint density at radius 3 is 2.18 bits per heavy atom. The van der Waals surface area contributed by atoms with Crippen LogP contribution in [0.3, 0.4) is 0 Å². The number of benzene rings is 2. The molecule has 0 radical (unpaired) electrons. The van der Waals surface area contributed by atoms with E-state index in [1.807, 2.05) is 68.4 Å². The quantitative estimate of drug-likeness (QED) is 0.711. The molecule has 4 heteroatoms. The lowest BCUT2D eigenvalue weighted by molar-refractivity contribution is -0.141. The third-order valence-corrected chi connectivity index (χ3v) is 4.73. The van der Waals surface area contributed by atoms with Gasteiger partial charge in [0.2, 0.25) is 11.8 Å². The number of nitrogens with one attached hydrogen (secondary N) is 1. The number of carbonyl (C=O) groups is 2. The third-order valence-electron chi connectivity index (χ3n) is 4.73. The molecule has 0 fully saturated rings. The second-order valence-corrected chi connectivity index (χ2v) is 7.71. The van der Waals surface area contributed by atoms with Gasteiger partial charge in [0, 0.05) is 25.9 Å². The maximum atomic E-state index is 13.1. The van der Waals surface area contributed by atoms with Crippen LogP contribution in [0.5, 0.6) is 0 Å². The molecule has 2 aromatic rings. The summed E-state index contributed by atoms with van der Waals surface area (Å²) >= 11 is 0. The summed E-state index contributed by atoms with van der Waals surface area (Å²) in [7, 11) is 0. The highest BCUT2D eigenvalue weighted by molar-refractivity contribution is 5.87. The Morgan fingerprint density at radius 2 is 1.61 bits per heavy atom. The predicted octanol–water partition coefficient (Wildman–Crippen LogP) is 4.12. The number of hydrogen-bond acceptors (Lipinski definition) is 2.